The molecule has 0 atom stereocenters. The van der Waals surface area contributed by atoms with Crippen molar-refractivity contribution in [2.45, 2.75) is 13.5 Å². The number of carbonyl (C=O) groups is 1. The summed E-state index contributed by atoms with van der Waals surface area (Å²) in [4.78, 5) is 20.1. The van der Waals surface area contributed by atoms with E-state index in [-0.39, 0.29) is 18.3 Å². The molecule has 1 amide bonds. The number of fused-ring (bicyclic) bond motifs is 1. The minimum Gasteiger partial charge on any atom is -0.436 e. The lowest BCUT2D eigenvalue weighted by Crippen LogP contribution is -2.42. The molecule has 0 radical (unpaired) electrons. The molecule has 0 spiro atoms. The van der Waals surface area contributed by atoms with Gasteiger partial charge in [0.1, 0.15) is 5.52 Å². The maximum Gasteiger partial charge on any atom is 0.255 e. The zero-order valence-corrected chi connectivity index (χ0v) is 19.3. The Labute approximate surface area is 199 Å². The van der Waals surface area contributed by atoms with Crippen LogP contribution in [-0.4, -0.2) is 42.0 Å². The van der Waals surface area contributed by atoms with Crippen molar-refractivity contribution in [3.63, 3.8) is 0 Å². The smallest absolute Gasteiger partial charge is 0.255 e. The Kier molecular flexibility index (Phi) is 7.08. The SMILES string of the molecule is Cc1cccc(C(=O)Nc2ccccc2-c2nc3c(CN4CCNCC4)cccc3o2)c1.Cl. The predicted molar refractivity (Wildman–Crippen MR) is 134 cm³/mol. The highest BCUT2D eigenvalue weighted by Crippen LogP contribution is 2.32. The van der Waals surface area contributed by atoms with E-state index in [4.69, 9.17) is 9.40 Å². The summed E-state index contributed by atoms with van der Waals surface area (Å²) in [6, 6.07) is 21.2. The molecule has 2 heterocycles. The summed E-state index contributed by atoms with van der Waals surface area (Å²) in [5, 5.41) is 6.41. The van der Waals surface area contributed by atoms with Gasteiger partial charge >= 0.3 is 0 Å². The molecule has 0 bridgehead atoms. The highest BCUT2D eigenvalue weighted by Gasteiger charge is 2.18. The number of aromatic nitrogens is 1. The van der Waals surface area contributed by atoms with Gasteiger partial charge in [-0.25, -0.2) is 4.98 Å². The Morgan fingerprint density at radius 3 is 2.67 bits per heavy atom. The van der Waals surface area contributed by atoms with Crippen molar-refractivity contribution in [2.24, 2.45) is 0 Å². The maximum absolute atomic E-state index is 12.8. The summed E-state index contributed by atoms with van der Waals surface area (Å²) >= 11 is 0. The maximum atomic E-state index is 12.8. The number of hydrogen-bond acceptors (Lipinski definition) is 5. The molecule has 3 aromatic carbocycles. The molecular weight excluding hydrogens is 436 g/mol. The van der Waals surface area contributed by atoms with Gasteiger partial charge in [-0.1, -0.05) is 42.0 Å². The first-order valence-corrected chi connectivity index (χ1v) is 11.0. The van der Waals surface area contributed by atoms with Crippen molar-refractivity contribution in [1.29, 1.82) is 0 Å². The fourth-order valence-corrected chi connectivity index (χ4v) is 4.12. The van der Waals surface area contributed by atoms with Crippen LogP contribution in [0.5, 0.6) is 0 Å². The molecule has 1 saturated heterocycles. The number of aryl methyl sites for hydroxylation is 1. The van der Waals surface area contributed by atoms with E-state index in [2.05, 4.69) is 21.6 Å². The number of carbonyl (C=O) groups excluding carboxylic acids is 1. The van der Waals surface area contributed by atoms with Crippen molar-refractivity contribution < 1.29 is 9.21 Å². The second-order valence-corrected chi connectivity index (χ2v) is 8.18. The minimum absolute atomic E-state index is 0. The lowest BCUT2D eigenvalue weighted by molar-refractivity contribution is 0.102. The first-order valence-electron chi connectivity index (χ1n) is 11.0. The number of hydrogen-bond donors (Lipinski definition) is 2. The second-order valence-electron chi connectivity index (χ2n) is 8.18. The monoisotopic (exact) mass is 462 g/mol. The zero-order valence-electron chi connectivity index (χ0n) is 18.5. The van der Waals surface area contributed by atoms with Crippen LogP contribution in [0.25, 0.3) is 22.6 Å². The van der Waals surface area contributed by atoms with E-state index >= 15 is 0 Å². The Morgan fingerprint density at radius 2 is 1.85 bits per heavy atom. The number of para-hydroxylation sites is 2. The fourth-order valence-electron chi connectivity index (χ4n) is 4.12. The van der Waals surface area contributed by atoms with Crippen LogP contribution in [0.4, 0.5) is 5.69 Å². The summed E-state index contributed by atoms with van der Waals surface area (Å²) < 4.78 is 6.14. The number of halogens is 1. The van der Waals surface area contributed by atoms with E-state index in [1.807, 2.05) is 67.6 Å². The molecule has 6 nitrogen and oxygen atoms in total. The van der Waals surface area contributed by atoms with Gasteiger partial charge in [0.25, 0.3) is 5.91 Å². The van der Waals surface area contributed by atoms with E-state index in [1.165, 1.54) is 0 Å². The highest BCUT2D eigenvalue weighted by atomic mass is 35.5. The van der Waals surface area contributed by atoms with Crippen LogP contribution in [-0.2, 0) is 6.54 Å². The normalized spacial score (nSPS) is 14.1. The third-order valence-corrected chi connectivity index (χ3v) is 5.79. The summed E-state index contributed by atoms with van der Waals surface area (Å²) in [6.45, 7) is 6.88. The van der Waals surface area contributed by atoms with Crippen LogP contribution >= 0.6 is 12.4 Å². The number of amides is 1. The van der Waals surface area contributed by atoms with Crippen molar-refractivity contribution in [3.8, 4) is 11.5 Å². The van der Waals surface area contributed by atoms with Crippen LogP contribution in [0.15, 0.2) is 71.1 Å². The van der Waals surface area contributed by atoms with E-state index < -0.39 is 0 Å². The third kappa shape index (κ3) is 5.09. The number of anilines is 1. The van der Waals surface area contributed by atoms with Gasteiger partial charge in [-0.05, 0) is 42.8 Å². The second kappa shape index (κ2) is 10.2. The van der Waals surface area contributed by atoms with Crippen LogP contribution in [0.2, 0.25) is 0 Å². The molecule has 33 heavy (non-hydrogen) atoms. The average Bonchev–Trinajstić information content (AvgIpc) is 3.25. The summed E-state index contributed by atoms with van der Waals surface area (Å²) in [5.41, 5.74) is 5.89. The summed E-state index contributed by atoms with van der Waals surface area (Å²) in [6.07, 6.45) is 0. The van der Waals surface area contributed by atoms with Gasteiger partial charge in [0.15, 0.2) is 5.58 Å². The summed E-state index contributed by atoms with van der Waals surface area (Å²) in [5.74, 6) is 0.351. The lowest BCUT2D eigenvalue weighted by atomic mass is 10.1. The number of nitrogens with one attached hydrogen (secondary N) is 2. The first-order chi connectivity index (χ1) is 15.7. The van der Waals surface area contributed by atoms with Crippen molar-refractivity contribution in [2.75, 3.05) is 31.5 Å². The lowest BCUT2D eigenvalue weighted by Gasteiger charge is -2.27. The zero-order chi connectivity index (χ0) is 21.9. The molecule has 4 aromatic rings. The van der Waals surface area contributed by atoms with Gasteiger partial charge in [-0.2, -0.15) is 0 Å². The Balaban J connectivity index is 0.00000259. The standard InChI is InChI=1S/C26H26N4O2.ClH/c1-18-6-4-7-19(16-18)25(31)28-22-10-3-2-9-21(22)26-29-24-20(8-5-11-23(24)32-26)17-30-14-12-27-13-15-30;/h2-11,16,27H,12-15,17H2,1H3,(H,28,31);1H. The fraction of sp³-hybridized carbons (Fsp3) is 0.231. The Bertz CT molecular complexity index is 1260. The van der Waals surface area contributed by atoms with Crippen LogP contribution < -0.4 is 10.6 Å². The molecular formula is C26H27ClN4O2. The topological polar surface area (TPSA) is 70.4 Å². The van der Waals surface area contributed by atoms with Crippen LogP contribution in [0.3, 0.4) is 0 Å². The van der Waals surface area contributed by atoms with E-state index in [1.54, 1.807) is 0 Å². The largest absolute Gasteiger partial charge is 0.436 e. The van der Waals surface area contributed by atoms with Crippen LogP contribution in [0, 0.1) is 6.92 Å². The number of nitrogens with zero attached hydrogens (tertiary/aromatic N) is 2. The highest BCUT2D eigenvalue weighted by molar-refractivity contribution is 6.06. The number of piperazine rings is 1. The van der Waals surface area contributed by atoms with Gasteiger partial charge < -0.3 is 15.1 Å². The van der Waals surface area contributed by atoms with E-state index in [9.17, 15) is 4.79 Å². The molecule has 0 aliphatic carbocycles. The first kappa shape index (κ1) is 23.0. The van der Waals surface area contributed by atoms with Gasteiger partial charge in [0, 0.05) is 38.3 Å². The number of oxazole rings is 1. The third-order valence-electron chi connectivity index (χ3n) is 5.79. The molecule has 0 unspecified atom stereocenters. The summed E-state index contributed by atoms with van der Waals surface area (Å²) in [7, 11) is 0. The molecule has 1 fully saturated rings. The van der Waals surface area contributed by atoms with Gasteiger partial charge in [0.2, 0.25) is 5.89 Å². The minimum atomic E-state index is -0.156. The quantitative estimate of drug-likeness (QED) is 0.442. The number of benzene rings is 3. The molecule has 1 aliphatic heterocycles. The van der Waals surface area contributed by atoms with Gasteiger partial charge in [0.05, 0.1) is 11.3 Å². The van der Waals surface area contributed by atoms with E-state index in [0.717, 1.165) is 60.5 Å². The molecule has 170 valence electrons. The molecule has 2 N–H and O–H groups in total. The average molecular weight is 463 g/mol. The van der Waals surface area contributed by atoms with Gasteiger partial charge in [-0.3, -0.25) is 9.69 Å². The van der Waals surface area contributed by atoms with Crippen LogP contribution in [0.1, 0.15) is 21.5 Å². The van der Waals surface area contributed by atoms with E-state index in [0.29, 0.717) is 17.1 Å². The molecule has 1 aliphatic rings. The van der Waals surface area contributed by atoms with Crippen molar-refractivity contribution in [3.05, 3.63) is 83.4 Å². The predicted octanol–water partition coefficient (Wildman–Crippen LogP) is 4.88. The number of rotatable bonds is 5. The Morgan fingerprint density at radius 1 is 1.06 bits per heavy atom. The van der Waals surface area contributed by atoms with Gasteiger partial charge in [-0.15, -0.1) is 12.4 Å². The molecule has 5 rings (SSSR count). The Hall–Kier alpha value is -3.19. The molecule has 0 saturated carbocycles. The van der Waals surface area contributed by atoms with Crippen molar-refractivity contribution >= 4 is 35.1 Å². The van der Waals surface area contributed by atoms with Crippen molar-refractivity contribution in [1.82, 2.24) is 15.2 Å². The molecule has 1 aromatic heterocycles. The molecule has 7 heteroatoms.